The van der Waals surface area contributed by atoms with E-state index in [9.17, 15) is 8.42 Å². The summed E-state index contributed by atoms with van der Waals surface area (Å²) in [6.45, 7) is 2.15. The fourth-order valence-electron chi connectivity index (χ4n) is 2.94. The lowest BCUT2D eigenvalue weighted by atomic mass is 10.2. The van der Waals surface area contributed by atoms with Crippen molar-refractivity contribution in [2.45, 2.75) is 24.3 Å². The van der Waals surface area contributed by atoms with E-state index in [1.165, 1.54) is 20.3 Å². The van der Waals surface area contributed by atoms with Crippen LogP contribution in [0.3, 0.4) is 0 Å². The smallest absolute Gasteiger partial charge is 0.244 e. The molecule has 7 nitrogen and oxygen atoms in total. The lowest BCUT2D eigenvalue weighted by Crippen LogP contribution is -2.24. The number of aromatic nitrogens is 1. The van der Waals surface area contributed by atoms with Crippen LogP contribution in [0.1, 0.15) is 18.4 Å². The summed E-state index contributed by atoms with van der Waals surface area (Å²) in [6, 6.07) is 8.42. The van der Waals surface area contributed by atoms with Gasteiger partial charge in [-0.2, -0.15) is 0 Å². The Kier molecular flexibility index (Phi) is 5.63. The van der Waals surface area contributed by atoms with E-state index in [4.69, 9.17) is 9.47 Å². The molecule has 0 aliphatic carbocycles. The second kappa shape index (κ2) is 7.92. The number of methoxy groups -OCH3 is 2. The van der Waals surface area contributed by atoms with Gasteiger partial charge in [0.05, 0.1) is 14.2 Å². The highest BCUT2D eigenvalue weighted by molar-refractivity contribution is 7.89. The fraction of sp³-hybridized carbons (Fsp3) is 0.389. The molecule has 1 aliphatic heterocycles. The third-order valence-corrected chi connectivity index (χ3v) is 5.79. The predicted molar refractivity (Wildman–Crippen MR) is 99.3 cm³/mol. The number of benzene rings is 1. The second-order valence-corrected chi connectivity index (χ2v) is 7.79. The molecular formula is C18H23N3O4S. The van der Waals surface area contributed by atoms with Crippen molar-refractivity contribution >= 4 is 15.8 Å². The lowest BCUT2D eigenvalue weighted by molar-refractivity contribution is 0.392. The molecule has 8 heteroatoms. The van der Waals surface area contributed by atoms with Crippen LogP contribution in [0.5, 0.6) is 11.5 Å². The number of hydrogen-bond acceptors (Lipinski definition) is 6. The minimum atomic E-state index is -3.75. The molecule has 1 aromatic heterocycles. The van der Waals surface area contributed by atoms with Gasteiger partial charge >= 0.3 is 0 Å². The molecule has 0 spiro atoms. The summed E-state index contributed by atoms with van der Waals surface area (Å²) in [7, 11) is -0.830. The molecule has 0 atom stereocenters. The Morgan fingerprint density at radius 1 is 1.12 bits per heavy atom. The Hall–Kier alpha value is -2.32. The average Bonchev–Trinajstić information content (AvgIpc) is 3.21. The van der Waals surface area contributed by atoms with Crippen molar-refractivity contribution in [1.29, 1.82) is 0 Å². The first kappa shape index (κ1) is 18.5. The average molecular weight is 377 g/mol. The van der Waals surface area contributed by atoms with Crippen LogP contribution in [0, 0.1) is 0 Å². The van der Waals surface area contributed by atoms with E-state index >= 15 is 0 Å². The molecule has 26 heavy (non-hydrogen) atoms. The van der Waals surface area contributed by atoms with Gasteiger partial charge in [-0.05, 0) is 42.7 Å². The van der Waals surface area contributed by atoms with Crippen LogP contribution in [-0.2, 0) is 16.6 Å². The molecule has 1 fully saturated rings. The monoisotopic (exact) mass is 377 g/mol. The number of nitrogens with one attached hydrogen (secondary N) is 1. The van der Waals surface area contributed by atoms with Crippen molar-refractivity contribution in [3.8, 4) is 11.5 Å². The van der Waals surface area contributed by atoms with E-state index in [0.717, 1.165) is 37.3 Å². The molecule has 2 aromatic rings. The van der Waals surface area contributed by atoms with E-state index in [-0.39, 0.29) is 17.2 Å². The van der Waals surface area contributed by atoms with Gasteiger partial charge < -0.3 is 14.4 Å². The molecule has 1 aromatic carbocycles. The highest BCUT2D eigenvalue weighted by atomic mass is 32.2. The van der Waals surface area contributed by atoms with Gasteiger partial charge in [0.2, 0.25) is 10.0 Å². The number of sulfonamides is 1. The van der Waals surface area contributed by atoms with Crippen molar-refractivity contribution < 1.29 is 17.9 Å². The summed E-state index contributed by atoms with van der Waals surface area (Å²) in [5, 5.41) is 0. The van der Waals surface area contributed by atoms with Gasteiger partial charge in [0, 0.05) is 31.9 Å². The first-order valence-corrected chi connectivity index (χ1v) is 9.93. The zero-order chi connectivity index (χ0) is 18.6. The summed E-state index contributed by atoms with van der Waals surface area (Å²) >= 11 is 0. The quantitative estimate of drug-likeness (QED) is 0.797. The van der Waals surface area contributed by atoms with E-state index in [2.05, 4.69) is 14.6 Å². The summed E-state index contributed by atoms with van der Waals surface area (Å²) in [5.41, 5.74) is 0.854. The minimum Gasteiger partial charge on any atom is -0.497 e. The number of anilines is 1. The highest BCUT2D eigenvalue weighted by Gasteiger charge is 2.21. The number of ether oxygens (including phenoxy) is 2. The topological polar surface area (TPSA) is 80.8 Å². The molecule has 0 bridgehead atoms. The molecule has 0 amide bonds. The van der Waals surface area contributed by atoms with Gasteiger partial charge in [-0.1, -0.05) is 0 Å². The van der Waals surface area contributed by atoms with E-state index < -0.39 is 10.0 Å². The Balaban J connectivity index is 1.77. The first-order chi connectivity index (χ1) is 12.5. The van der Waals surface area contributed by atoms with Gasteiger partial charge in [0.25, 0.3) is 0 Å². The Bertz CT molecular complexity index is 864. The molecule has 1 N–H and O–H groups in total. The summed E-state index contributed by atoms with van der Waals surface area (Å²) in [6.07, 6.45) is 4.03. The molecule has 2 heterocycles. The van der Waals surface area contributed by atoms with Crippen LogP contribution in [-0.4, -0.2) is 40.7 Å². The molecule has 0 radical (unpaired) electrons. The van der Waals surface area contributed by atoms with E-state index in [1.54, 1.807) is 18.3 Å². The van der Waals surface area contributed by atoms with Crippen LogP contribution < -0.4 is 19.1 Å². The van der Waals surface area contributed by atoms with E-state index in [1.807, 2.05) is 12.1 Å². The van der Waals surface area contributed by atoms with Crippen molar-refractivity contribution in [2.75, 3.05) is 32.2 Å². The number of pyridine rings is 1. The standard InChI is InChI=1S/C18H23N3O4S/c1-24-15-5-6-16(25-2)17(12-15)26(22,23)20-13-14-7-8-19-18(11-14)21-9-3-4-10-21/h5-8,11-12,20H,3-4,9-10,13H2,1-2H3. The third kappa shape index (κ3) is 4.08. The van der Waals surface area contributed by atoms with E-state index in [0.29, 0.717) is 5.75 Å². The van der Waals surface area contributed by atoms with Crippen molar-refractivity contribution in [1.82, 2.24) is 9.71 Å². The van der Waals surface area contributed by atoms with Crippen LogP contribution in [0.4, 0.5) is 5.82 Å². The molecular weight excluding hydrogens is 354 g/mol. The fourth-order valence-corrected chi connectivity index (χ4v) is 4.14. The van der Waals surface area contributed by atoms with Crippen LogP contribution in [0.2, 0.25) is 0 Å². The lowest BCUT2D eigenvalue weighted by Gasteiger charge is -2.17. The van der Waals surface area contributed by atoms with Crippen molar-refractivity contribution in [3.63, 3.8) is 0 Å². The normalized spacial score (nSPS) is 14.5. The van der Waals surface area contributed by atoms with Gasteiger partial charge in [0.1, 0.15) is 22.2 Å². The second-order valence-electron chi connectivity index (χ2n) is 6.06. The van der Waals surface area contributed by atoms with Gasteiger partial charge in [-0.15, -0.1) is 0 Å². The number of rotatable bonds is 7. The minimum absolute atomic E-state index is 0.0492. The Labute approximate surface area is 154 Å². The van der Waals surface area contributed by atoms with Crippen molar-refractivity contribution in [3.05, 3.63) is 42.1 Å². The molecule has 140 valence electrons. The zero-order valence-corrected chi connectivity index (χ0v) is 15.8. The number of hydrogen-bond donors (Lipinski definition) is 1. The van der Waals surface area contributed by atoms with Crippen molar-refractivity contribution in [2.24, 2.45) is 0 Å². The highest BCUT2D eigenvalue weighted by Crippen LogP contribution is 2.28. The largest absolute Gasteiger partial charge is 0.497 e. The summed E-state index contributed by atoms with van der Waals surface area (Å²) in [5.74, 6) is 1.61. The zero-order valence-electron chi connectivity index (χ0n) is 14.9. The van der Waals surface area contributed by atoms with Gasteiger partial charge in [-0.25, -0.2) is 18.1 Å². The Morgan fingerprint density at radius 2 is 1.88 bits per heavy atom. The van der Waals surface area contributed by atoms with Crippen LogP contribution >= 0.6 is 0 Å². The molecule has 1 aliphatic rings. The maximum absolute atomic E-state index is 12.7. The maximum atomic E-state index is 12.7. The SMILES string of the molecule is COc1ccc(OC)c(S(=O)(=O)NCc2ccnc(N3CCCC3)c2)c1. The van der Waals surface area contributed by atoms with Crippen LogP contribution in [0.15, 0.2) is 41.4 Å². The summed E-state index contributed by atoms with van der Waals surface area (Å²) in [4.78, 5) is 6.65. The molecule has 0 unspecified atom stereocenters. The maximum Gasteiger partial charge on any atom is 0.244 e. The molecule has 3 rings (SSSR count). The first-order valence-electron chi connectivity index (χ1n) is 8.45. The predicted octanol–water partition coefficient (Wildman–Crippen LogP) is 2.18. The summed E-state index contributed by atoms with van der Waals surface area (Å²) < 4.78 is 38.4. The van der Waals surface area contributed by atoms with Gasteiger partial charge in [0.15, 0.2) is 0 Å². The Morgan fingerprint density at radius 3 is 2.58 bits per heavy atom. The molecule has 1 saturated heterocycles. The molecule has 0 saturated carbocycles. The van der Waals surface area contributed by atoms with Crippen LogP contribution in [0.25, 0.3) is 0 Å². The third-order valence-electron chi connectivity index (χ3n) is 4.37. The number of nitrogens with zero attached hydrogens (tertiary/aromatic N) is 2. The van der Waals surface area contributed by atoms with Gasteiger partial charge in [-0.3, -0.25) is 0 Å².